The molecule has 0 atom stereocenters. The third-order valence-electron chi connectivity index (χ3n) is 5.12. The van der Waals surface area contributed by atoms with Gasteiger partial charge in [0, 0.05) is 16.7 Å². The van der Waals surface area contributed by atoms with Crippen LogP contribution in [0.4, 0.5) is 0 Å². The number of amides is 1. The number of methoxy groups -OCH3 is 1. The van der Waals surface area contributed by atoms with E-state index in [1.165, 1.54) is 25.5 Å². The summed E-state index contributed by atoms with van der Waals surface area (Å²) in [4.78, 5) is 27.1. The van der Waals surface area contributed by atoms with Crippen molar-refractivity contribution < 1.29 is 14.3 Å². The van der Waals surface area contributed by atoms with E-state index in [1.807, 2.05) is 31.2 Å². The predicted molar refractivity (Wildman–Crippen MR) is 110 cm³/mol. The molecule has 0 fully saturated rings. The molecule has 0 spiro atoms. The Hall–Kier alpha value is -2.14. The number of carbonyl (C=O) groups is 2. The lowest BCUT2D eigenvalue weighted by atomic mass is 9.97. The number of ether oxygens (including phenoxy) is 1. The molecular weight excluding hydrogens is 406 g/mol. The van der Waals surface area contributed by atoms with Crippen molar-refractivity contribution in [2.24, 2.45) is 0 Å². The molecule has 0 radical (unpaired) electrons. The van der Waals surface area contributed by atoms with Gasteiger partial charge < -0.3 is 9.64 Å². The molecule has 0 saturated heterocycles. The molecule has 0 bridgehead atoms. The molecule has 3 rings (SSSR count). The van der Waals surface area contributed by atoms with Gasteiger partial charge in [0.15, 0.2) is 0 Å². The normalized spacial score (nSPS) is 18.9. The Kier molecular flexibility index (Phi) is 6.32. The van der Waals surface area contributed by atoms with Gasteiger partial charge in [0.05, 0.1) is 18.3 Å². The average molecular weight is 430 g/mol. The van der Waals surface area contributed by atoms with Gasteiger partial charge in [-0.25, -0.2) is 4.79 Å². The fourth-order valence-electron chi connectivity index (χ4n) is 3.61. The van der Waals surface area contributed by atoms with E-state index in [2.05, 4.69) is 22.0 Å². The SMILES string of the molecule is COC(=O)C1=C(C)N(CCC2=CCCCC2)C(=O)C1=Cc1ccc(Br)cc1. The van der Waals surface area contributed by atoms with Gasteiger partial charge in [-0.2, -0.15) is 0 Å². The van der Waals surface area contributed by atoms with E-state index in [9.17, 15) is 9.59 Å². The second-order valence-electron chi connectivity index (χ2n) is 6.88. The van der Waals surface area contributed by atoms with Crippen LogP contribution in [-0.2, 0) is 14.3 Å². The molecule has 0 N–H and O–H groups in total. The van der Waals surface area contributed by atoms with Crippen LogP contribution >= 0.6 is 15.9 Å². The predicted octanol–water partition coefficient (Wildman–Crippen LogP) is 5.01. The topological polar surface area (TPSA) is 46.6 Å². The summed E-state index contributed by atoms with van der Waals surface area (Å²) in [5.74, 6) is -0.601. The number of allylic oxidation sites excluding steroid dienone is 2. The van der Waals surface area contributed by atoms with E-state index in [1.54, 1.807) is 11.0 Å². The maximum atomic E-state index is 13.1. The Morgan fingerprint density at radius 2 is 2.00 bits per heavy atom. The van der Waals surface area contributed by atoms with E-state index in [0.717, 1.165) is 29.3 Å². The standard InChI is InChI=1S/C22H24BrNO3/c1-15-20(22(26)27-2)19(14-17-8-10-18(23)11-9-17)21(25)24(15)13-12-16-6-4-3-5-7-16/h6,8-11,14H,3-5,7,12-13H2,1-2H3. The van der Waals surface area contributed by atoms with Crippen LogP contribution in [0.3, 0.4) is 0 Å². The van der Waals surface area contributed by atoms with E-state index in [0.29, 0.717) is 23.4 Å². The molecule has 1 aliphatic heterocycles. The van der Waals surface area contributed by atoms with E-state index < -0.39 is 5.97 Å². The Morgan fingerprint density at radius 1 is 1.26 bits per heavy atom. The van der Waals surface area contributed by atoms with E-state index >= 15 is 0 Å². The van der Waals surface area contributed by atoms with E-state index in [-0.39, 0.29) is 5.91 Å². The van der Waals surface area contributed by atoms with Crippen LogP contribution in [0, 0.1) is 0 Å². The molecule has 1 aliphatic carbocycles. The van der Waals surface area contributed by atoms with Crippen LogP contribution in [0.2, 0.25) is 0 Å². The molecule has 4 nitrogen and oxygen atoms in total. The molecule has 0 unspecified atom stereocenters. The summed E-state index contributed by atoms with van der Waals surface area (Å²) in [6, 6.07) is 7.63. The number of nitrogens with zero attached hydrogens (tertiary/aromatic N) is 1. The van der Waals surface area contributed by atoms with Gasteiger partial charge in [-0.05, 0) is 62.8 Å². The number of esters is 1. The fraction of sp³-hybridized carbons (Fsp3) is 0.364. The zero-order valence-corrected chi connectivity index (χ0v) is 17.3. The van der Waals surface area contributed by atoms with Crippen molar-refractivity contribution in [2.75, 3.05) is 13.7 Å². The average Bonchev–Trinajstić information content (AvgIpc) is 2.92. The Labute approximate surface area is 168 Å². The molecule has 1 aromatic rings. The van der Waals surface area contributed by atoms with Gasteiger partial charge in [-0.15, -0.1) is 0 Å². The van der Waals surface area contributed by atoms with Gasteiger partial charge >= 0.3 is 5.97 Å². The first-order chi connectivity index (χ1) is 13.0. The molecule has 1 heterocycles. The first-order valence-electron chi connectivity index (χ1n) is 9.28. The highest BCUT2D eigenvalue weighted by atomic mass is 79.9. The quantitative estimate of drug-likeness (QED) is 0.375. The first kappa shape index (κ1) is 19.6. The smallest absolute Gasteiger partial charge is 0.340 e. The molecule has 142 valence electrons. The van der Waals surface area contributed by atoms with Crippen LogP contribution in [0.5, 0.6) is 0 Å². The highest BCUT2D eigenvalue weighted by Crippen LogP contribution is 2.33. The first-order valence-corrected chi connectivity index (χ1v) is 10.1. The fourth-order valence-corrected chi connectivity index (χ4v) is 3.87. The lowest BCUT2D eigenvalue weighted by Gasteiger charge is -2.20. The van der Waals surface area contributed by atoms with Gasteiger partial charge in [0.2, 0.25) is 0 Å². The summed E-state index contributed by atoms with van der Waals surface area (Å²) in [7, 11) is 1.35. The van der Waals surface area contributed by atoms with Crippen molar-refractivity contribution in [1.82, 2.24) is 4.90 Å². The summed E-state index contributed by atoms with van der Waals surface area (Å²) < 4.78 is 5.91. The minimum Gasteiger partial charge on any atom is -0.465 e. The van der Waals surface area contributed by atoms with Crippen LogP contribution in [0.25, 0.3) is 6.08 Å². The monoisotopic (exact) mass is 429 g/mol. The van der Waals surface area contributed by atoms with Crippen LogP contribution in [0.1, 0.15) is 44.6 Å². The molecular formula is C22H24BrNO3. The second kappa shape index (κ2) is 8.70. The molecule has 2 aliphatic rings. The van der Waals surface area contributed by atoms with Crippen molar-refractivity contribution in [1.29, 1.82) is 0 Å². The third kappa shape index (κ3) is 4.41. The Bertz CT molecular complexity index is 834. The van der Waals surface area contributed by atoms with Crippen LogP contribution in [-0.4, -0.2) is 30.4 Å². The summed E-state index contributed by atoms with van der Waals surface area (Å²) in [5, 5.41) is 0. The molecule has 1 amide bonds. The Balaban J connectivity index is 1.88. The summed E-state index contributed by atoms with van der Waals surface area (Å²) in [5.41, 5.74) is 3.72. The zero-order valence-electron chi connectivity index (χ0n) is 15.8. The number of benzene rings is 1. The second-order valence-corrected chi connectivity index (χ2v) is 7.79. The van der Waals surface area contributed by atoms with E-state index in [4.69, 9.17) is 4.74 Å². The van der Waals surface area contributed by atoms with Crippen molar-refractivity contribution in [2.45, 2.75) is 39.0 Å². The molecule has 27 heavy (non-hydrogen) atoms. The number of halogens is 1. The maximum absolute atomic E-state index is 13.1. The largest absolute Gasteiger partial charge is 0.465 e. The van der Waals surface area contributed by atoms with Gasteiger partial charge in [-0.3, -0.25) is 4.79 Å². The van der Waals surface area contributed by atoms with Gasteiger partial charge in [0.25, 0.3) is 5.91 Å². The molecule has 5 heteroatoms. The summed E-state index contributed by atoms with van der Waals surface area (Å²) >= 11 is 3.41. The van der Waals surface area contributed by atoms with Crippen molar-refractivity contribution in [3.63, 3.8) is 0 Å². The maximum Gasteiger partial charge on any atom is 0.340 e. The highest BCUT2D eigenvalue weighted by Gasteiger charge is 2.36. The minimum atomic E-state index is -0.469. The van der Waals surface area contributed by atoms with Crippen molar-refractivity contribution in [3.8, 4) is 0 Å². The Morgan fingerprint density at radius 3 is 2.63 bits per heavy atom. The summed E-state index contributed by atoms with van der Waals surface area (Å²) in [6.07, 6.45) is 9.61. The summed E-state index contributed by atoms with van der Waals surface area (Å²) in [6.45, 7) is 2.41. The molecule has 0 aromatic heterocycles. The van der Waals surface area contributed by atoms with Crippen molar-refractivity contribution in [3.05, 3.63) is 62.8 Å². The highest BCUT2D eigenvalue weighted by molar-refractivity contribution is 9.10. The van der Waals surface area contributed by atoms with Crippen LogP contribution < -0.4 is 0 Å². The minimum absolute atomic E-state index is 0.132. The van der Waals surface area contributed by atoms with Gasteiger partial charge in [0.1, 0.15) is 0 Å². The van der Waals surface area contributed by atoms with Gasteiger partial charge in [-0.1, -0.05) is 39.7 Å². The lowest BCUT2D eigenvalue weighted by molar-refractivity contribution is -0.136. The van der Waals surface area contributed by atoms with Crippen LogP contribution in [0.15, 0.2) is 57.2 Å². The third-order valence-corrected chi connectivity index (χ3v) is 5.65. The zero-order chi connectivity index (χ0) is 19.4. The lowest BCUT2D eigenvalue weighted by Crippen LogP contribution is -2.26. The molecule has 0 saturated carbocycles. The molecule has 1 aromatic carbocycles. The number of hydrogen-bond acceptors (Lipinski definition) is 3. The van der Waals surface area contributed by atoms with Crippen molar-refractivity contribution >= 4 is 33.9 Å². The number of rotatable bonds is 5. The number of carbonyl (C=O) groups excluding carboxylic acids is 2. The number of hydrogen-bond donors (Lipinski definition) is 0.